The number of nitrogens with zero attached hydrogens (tertiary/aromatic N) is 1. The smallest absolute Gasteiger partial charge is 0.340 e. The molecule has 0 fully saturated rings. The number of halogens is 1. The van der Waals surface area contributed by atoms with E-state index in [1.165, 1.54) is 19.2 Å². The predicted octanol–water partition coefficient (Wildman–Crippen LogP) is 4.98. The first kappa shape index (κ1) is 15.3. The van der Waals surface area contributed by atoms with Gasteiger partial charge in [-0.2, -0.15) is 0 Å². The van der Waals surface area contributed by atoms with Crippen LogP contribution in [-0.2, 0) is 4.74 Å². The molecule has 1 aromatic heterocycles. The second-order valence-electron chi connectivity index (χ2n) is 5.74. The van der Waals surface area contributed by atoms with Crippen molar-refractivity contribution in [2.45, 2.75) is 0 Å². The zero-order valence-corrected chi connectivity index (χ0v) is 13.5. The topological polar surface area (TPSA) is 39.2 Å². The number of aromatic nitrogens is 1. The zero-order chi connectivity index (χ0) is 17.4. The SMILES string of the molecule is COC(=O)c1cc2ccc3ccccc3c2nc1-c1ccc(F)cc1. The number of benzene rings is 3. The van der Waals surface area contributed by atoms with Gasteiger partial charge in [0.1, 0.15) is 5.82 Å². The highest BCUT2D eigenvalue weighted by molar-refractivity contribution is 6.09. The number of carbonyl (C=O) groups is 1. The van der Waals surface area contributed by atoms with E-state index in [0.29, 0.717) is 16.8 Å². The molecule has 4 heteroatoms. The van der Waals surface area contributed by atoms with Crippen molar-refractivity contribution in [1.29, 1.82) is 0 Å². The molecule has 0 atom stereocenters. The molecule has 0 unspecified atom stereocenters. The van der Waals surface area contributed by atoms with Crippen LogP contribution >= 0.6 is 0 Å². The molecule has 0 radical (unpaired) electrons. The van der Waals surface area contributed by atoms with Crippen molar-refractivity contribution < 1.29 is 13.9 Å². The Balaban J connectivity index is 2.08. The molecule has 0 spiro atoms. The Hall–Kier alpha value is -3.27. The number of esters is 1. The first-order valence-electron chi connectivity index (χ1n) is 7.84. The van der Waals surface area contributed by atoms with Gasteiger partial charge < -0.3 is 4.74 Å². The lowest BCUT2D eigenvalue weighted by Crippen LogP contribution is -2.05. The Labute approximate surface area is 143 Å². The maximum Gasteiger partial charge on any atom is 0.340 e. The van der Waals surface area contributed by atoms with Crippen molar-refractivity contribution in [3.05, 3.63) is 78.1 Å². The minimum atomic E-state index is -0.470. The van der Waals surface area contributed by atoms with Crippen molar-refractivity contribution in [1.82, 2.24) is 4.98 Å². The Morgan fingerprint density at radius 1 is 0.960 bits per heavy atom. The van der Waals surface area contributed by atoms with E-state index in [4.69, 9.17) is 9.72 Å². The van der Waals surface area contributed by atoms with Gasteiger partial charge in [-0.05, 0) is 35.7 Å². The molecule has 0 bridgehead atoms. The molecule has 3 aromatic carbocycles. The third-order valence-electron chi connectivity index (χ3n) is 4.23. The molecule has 0 aliphatic rings. The van der Waals surface area contributed by atoms with Gasteiger partial charge in [0.15, 0.2) is 0 Å². The number of fused-ring (bicyclic) bond motifs is 3. The number of rotatable bonds is 2. The summed E-state index contributed by atoms with van der Waals surface area (Å²) in [5, 5.41) is 2.92. The molecular weight excluding hydrogens is 317 g/mol. The Bertz CT molecular complexity index is 1100. The fraction of sp³-hybridized carbons (Fsp3) is 0.0476. The van der Waals surface area contributed by atoms with E-state index >= 15 is 0 Å². The first-order chi connectivity index (χ1) is 12.2. The summed E-state index contributed by atoms with van der Waals surface area (Å²) in [7, 11) is 1.33. The summed E-state index contributed by atoms with van der Waals surface area (Å²) < 4.78 is 18.2. The third kappa shape index (κ3) is 2.62. The van der Waals surface area contributed by atoms with Crippen molar-refractivity contribution in [3.8, 4) is 11.3 Å². The molecule has 25 heavy (non-hydrogen) atoms. The van der Waals surface area contributed by atoms with Gasteiger partial charge in [-0.3, -0.25) is 0 Å². The van der Waals surface area contributed by atoms with Crippen molar-refractivity contribution in [2.75, 3.05) is 7.11 Å². The fourth-order valence-electron chi connectivity index (χ4n) is 3.00. The molecule has 122 valence electrons. The lowest BCUT2D eigenvalue weighted by molar-refractivity contribution is 0.0601. The third-order valence-corrected chi connectivity index (χ3v) is 4.23. The summed E-state index contributed by atoms with van der Waals surface area (Å²) in [5.74, 6) is -0.809. The predicted molar refractivity (Wildman–Crippen MR) is 96.0 cm³/mol. The van der Waals surface area contributed by atoms with Crippen LogP contribution in [0.15, 0.2) is 66.7 Å². The number of carbonyl (C=O) groups excluding carboxylic acids is 1. The molecule has 1 heterocycles. The molecule has 0 aliphatic carbocycles. The number of ether oxygens (including phenoxy) is 1. The van der Waals surface area contributed by atoms with Crippen LogP contribution in [0.25, 0.3) is 32.9 Å². The van der Waals surface area contributed by atoms with Crippen LogP contribution in [-0.4, -0.2) is 18.1 Å². The zero-order valence-electron chi connectivity index (χ0n) is 13.5. The molecule has 0 saturated heterocycles. The number of methoxy groups -OCH3 is 1. The second-order valence-corrected chi connectivity index (χ2v) is 5.74. The summed E-state index contributed by atoms with van der Waals surface area (Å²) in [5.41, 5.74) is 2.30. The highest BCUT2D eigenvalue weighted by Gasteiger charge is 2.17. The lowest BCUT2D eigenvalue weighted by atomic mass is 10.0. The molecule has 4 rings (SSSR count). The van der Waals surface area contributed by atoms with Crippen molar-refractivity contribution in [2.24, 2.45) is 0 Å². The van der Waals surface area contributed by atoms with E-state index in [2.05, 4.69) is 0 Å². The fourth-order valence-corrected chi connectivity index (χ4v) is 3.00. The molecule has 0 saturated carbocycles. The molecule has 4 aromatic rings. The van der Waals surface area contributed by atoms with Crippen molar-refractivity contribution in [3.63, 3.8) is 0 Å². The van der Waals surface area contributed by atoms with Crippen LogP contribution < -0.4 is 0 Å². The van der Waals surface area contributed by atoms with Gasteiger partial charge in [0.05, 0.1) is 23.9 Å². The van der Waals surface area contributed by atoms with E-state index < -0.39 is 5.97 Å². The monoisotopic (exact) mass is 331 g/mol. The summed E-state index contributed by atoms with van der Waals surface area (Å²) in [6, 6.07) is 19.6. The van der Waals surface area contributed by atoms with Gasteiger partial charge >= 0.3 is 5.97 Å². The van der Waals surface area contributed by atoms with E-state index in [9.17, 15) is 9.18 Å². The van der Waals surface area contributed by atoms with Crippen LogP contribution in [0, 0.1) is 5.82 Å². The number of pyridine rings is 1. The summed E-state index contributed by atoms with van der Waals surface area (Å²) >= 11 is 0. The summed E-state index contributed by atoms with van der Waals surface area (Å²) in [6.45, 7) is 0. The standard InChI is InChI=1S/C21H14FNO2/c1-25-21(24)18-12-15-7-6-13-4-2-3-5-17(13)20(15)23-19(18)14-8-10-16(22)11-9-14/h2-12H,1H3. The van der Waals surface area contributed by atoms with E-state index in [0.717, 1.165) is 21.7 Å². The van der Waals surface area contributed by atoms with Crippen molar-refractivity contribution >= 4 is 27.6 Å². The quantitative estimate of drug-likeness (QED) is 0.384. The molecular formula is C21H14FNO2. The number of hydrogen-bond acceptors (Lipinski definition) is 3. The minimum absolute atomic E-state index is 0.338. The van der Waals surface area contributed by atoms with Gasteiger partial charge in [0, 0.05) is 16.3 Å². The largest absolute Gasteiger partial charge is 0.465 e. The maximum atomic E-state index is 13.3. The highest BCUT2D eigenvalue weighted by Crippen LogP contribution is 2.30. The highest BCUT2D eigenvalue weighted by atomic mass is 19.1. The van der Waals surface area contributed by atoms with Crippen LogP contribution in [0.3, 0.4) is 0 Å². The van der Waals surface area contributed by atoms with E-state index in [-0.39, 0.29) is 5.82 Å². The second kappa shape index (κ2) is 5.98. The Morgan fingerprint density at radius 2 is 1.68 bits per heavy atom. The average Bonchev–Trinajstić information content (AvgIpc) is 2.67. The first-order valence-corrected chi connectivity index (χ1v) is 7.84. The van der Waals surface area contributed by atoms with Crippen LogP contribution in [0.4, 0.5) is 4.39 Å². The average molecular weight is 331 g/mol. The van der Waals surface area contributed by atoms with Gasteiger partial charge in [-0.25, -0.2) is 14.2 Å². The molecule has 0 amide bonds. The number of hydrogen-bond donors (Lipinski definition) is 0. The molecule has 0 N–H and O–H groups in total. The van der Waals surface area contributed by atoms with Crippen LogP contribution in [0.1, 0.15) is 10.4 Å². The van der Waals surface area contributed by atoms with E-state index in [1.807, 2.05) is 36.4 Å². The normalized spacial score (nSPS) is 11.0. The summed E-state index contributed by atoms with van der Waals surface area (Å²) in [4.78, 5) is 17.0. The van der Waals surface area contributed by atoms with Crippen LogP contribution in [0.2, 0.25) is 0 Å². The summed E-state index contributed by atoms with van der Waals surface area (Å²) in [6.07, 6.45) is 0. The molecule has 0 aliphatic heterocycles. The van der Waals surface area contributed by atoms with Gasteiger partial charge in [0.2, 0.25) is 0 Å². The Kier molecular flexibility index (Phi) is 3.65. The van der Waals surface area contributed by atoms with E-state index in [1.54, 1.807) is 18.2 Å². The van der Waals surface area contributed by atoms with Gasteiger partial charge in [-0.15, -0.1) is 0 Å². The minimum Gasteiger partial charge on any atom is -0.465 e. The lowest BCUT2D eigenvalue weighted by Gasteiger charge is -2.11. The van der Waals surface area contributed by atoms with Gasteiger partial charge in [0.25, 0.3) is 0 Å². The molecule has 3 nitrogen and oxygen atoms in total. The Morgan fingerprint density at radius 3 is 2.44 bits per heavy atom. The van der Waals surface area contributed by atoms with Gasteiger partial charge in [-0.1, -0.05) is 36.4 Å². The van der Waals surface area contributed by atoms with Crippen LogP contribution in [0.5, 0.6) is 0 Å². The maximum absolute atomic E-state index is 13.3.